The van der Waals surface area contributed by atoms with Crippen LogP contribution in [0.25, 0.3) is 0 Å². The molecule has 1 fully saturated rings. The molecule has 6 heteroatoms. The van der Waals surface area contributed by atoms with Gasteiger partial charge in [0.05, 0.1) is 17.4 Å². The maximum atomic E-state index is 11.1. The van der Waals surface area contributed by atoms with Gasteiger partial charge in [-0.3, -0.25) is 10.1 Å². The Hall–Kier alpha value is -2.29. The SMILES string of the molecule is N#CCCN(c1cccc(N)c1[N+](=O)[O-])C1CC1. The van der Waals surface area contributed by atoms with Gasteiger partial charge in [0, 0.05) is 12.6 Å². The number of nitrogen functional groups attached to an aromatic ring is 1. The summed E-state index contributed by atoms with van der Waals surface area (Å²) in [6.45, 7) is 0.505. The molecule has 0 saturated heterocycles. The molecule has 6 nitrogen and oxygen atoms in total. The highest BCUT2D eigenvalue weighted by molar-refractivity contribution is 5.75. The Bertz CT molecular complexity index is 505. The molecule has 0 spiro atoms. The number of benzene rings is 1. The lowest BCUT2D eigenvalue weighted by atomic mass is 10.2. The van der Waals surface area contributed by atoms with E-state index in [0.717, 1.165) is 12.8 Å². The Balaban J connectivity index is 2.38. The predicted molar refractivity (Wildman–Crippen MR) is 68.1 cm³/mol. The molecule has 1 aliphatic carbocycles. The van der Waals surface area contributed by atoms with Gasteiger partial charge in [0.25, 0.3) is 0 Å². The van der Waals surface area contributed by atoms with Gasteiger partial charge < -0.3 is 10.6 Å². The van der Waals surface area contributed by atoms with Gasteiger partial charge >= 0.3 is 5.69 Å². The second kappa shape index (κ2) is 4.92. The molecular weight excluding hydrogens is 232 g/mol. The van der Waals surface area contributed by atoms with Crippen molar-refractivity contribution in [2.45, 2.75) is 25.3 Å². The number of para-hydroxylation sites is 1. The number of nitrogens with zero attached hydrogens (tertiary/aromatic N) is 3. The summed E-state index contributed by atoms with van der Waals surface area (Å²) in [7, 11) is 0. The van der Waals surface area contributed by atoms with E-state index in [1.54, 1.807) is 12.1 Å². The van der Waals surface area contributed by atoms with Crippen molar-refractivity contribution in [1.82, 2.24) is 0 Å². The first-order valence-electron chi connectivity index (χ1n) is 5.81. The lowest BCUT2D eigenvalue weighted by molar-refractivity contribution is -0.383. The van der Waals surface area contributed by atoms with Crippen LogP contribution in [0.4, 0.5) is 17.1 Å². The van der Waals surface area contributed by atoms with Crippen molar-refractivity contribution in [3.05, 3.63) is 28.3 Å². The molecule has 0 radical (unpaired) electrons. The van der Waals surface area contributed by atoms with Crippen LogP contribution in [0.1, 0.15) is 19.3 Å². The van der Waals surface area contributed by atoms with Gasteiger partial charge in [-0.1, -0.05) is 6.07 Å². The van der Waals surface area contributed by atoms with E-state index in [0.29, 0.717) is 24.7 Å². The summed E-state index contributed by atoms with van der Waals surface area (Å²) in [5, 5.41) is 19.8. The molecule has 1 aliphatic rings. The second-order valence-corrected chi connectivity index (χ2v) is 4.30. The van der Waals surface area contributed by atoms with Crippen LogP contribution in [0.3, 0.4) is 0 Å². The van der Waals surface area contributed by atoms with E-state index < -0.39 is 4.92 Å². The van der Waals surface area contributed by atoms with Gasteiger partial charge in [0.2, 0.25) is 0 Å². The summed E-state index contributed by atoms with van der Waals surface area (Å²) in [6.07, 6.45) is 2.37. The Morgan fingerprint density at radius 1 is 1.56 bits per heavy atom. The van der Waals surface area contributed by atoms with Crippen molar-refractivity contribution in [3.8, 4) is 6.07 Å². The van der Waals surface area contributed by atoms with Crippen LogP contribution in [0.2, 0.25) is 0 Å². The van der Waals surface area contributed by atoms with Crippen LogP contribution in [0.5, 0.6) is 0 Å². The Morgan fingerprint density at radius 3 is 2.83 bits per heavy atom. The van der Waals surface area contributed by atoms with Crippen LogP contribution in [-0.4, -0.2) is 17.5 Å². The molecule has 0 bridgehead atoms. The normalized spacial score (nSPS) is 13.9. The van der Waals surface area contributed by atoms with E-state index in [1.807, 2.05) is 4.90 Å². The summed E-state index contributed by atoms with van der Waals surface area (Å²) < 4.78 is 0. The summed E-state index contributed by atoms with van der Waals surface area (Å²) in [5.74, 6) is 0. The molecular formula is C12H14N4O2. The molecule has 0 heterocycles. The molecule has 0 unspecified atom stereocenters. The minimum atomic E-state index is -0.452. The van der Waals surface area contributed by atoms with Crippen LogP contribution in [-0.2, 0) is 0 Å². The number of nitro groups is 1. The fourth-order valence-corrected chi connectivity index (χ4v) is 2.04. The van der Waals surface area contributed by atoms with Crippen molar-refractivity contribution < 1.29 is 4.92 Å². The van der Waals surface area contributed by atoms with Crippen molar-refractivity contribution >= 4 is 17.1 Å². The average Bonchev–Trinajstić information content (AvgIpc) is 3.13. The standard InChI is InChI=1S/C12H14N4O2/c13-7-2-8-15(9-5-6-9)11-4-1-3-10(14)12(11)16(17)18/h1,3-4,9H,2,5-6,8,14H2. The van der Waals surface area contributed by atoms with Crippen molar-refractivity contribution in [2.24, 2.45) is 0 Å². The molecule has 2 N–H and O–H groups in total. The molecule has 0 atom stereocenters. The number of anilines is 2. The van der Waals surface area contributed by atoms with Gasteiger partial charge in [-0.05, 0) is 25.0 Å². The zero-order chi connectivity index (χ0) is 13.1. The Kier molecular flexibility index (Phi) is 3.33. The van der Waals surface area contributed by atoms with Crippen molar-refractivity contribution in [1.29, 1.82) is 5.26 Å². The summed E-state index contributed by atoms with van der Waals surface area (Å²) in [6, 6.07) is 7.31. The number of hydrogen-bond donors (Lipinski definition) is 1. The number of hydrogen-bond acceptors (Lipinski definition) is 5. The van der Waals surface area contributed by atoms with E-state index in [4.69, 9.17) is 11.0 Å². The van der Waals surface area contributed by atoms with E-state index in [1.165, 1.54) is 6.07 Å². The van der Waals surface area contributed by atoms with E-state index >= 15 is 0 Å². The largest absolute Gasteiger partial charge is 0.393 e. The zero-order valence-corrected chi connectivity index (χ0v) is 9.87. The Labute approximate surface area is 105 Å². The molecule has 18 heavy (non-hydrogen) atoms. The summed E-state index contributed by atoms with van der Waals surface area (Å²) in [5.41, 5.74) is 6.32. The first-order valence-corrected chi connectivity index (χ1v) is 5.81. The summed E-state index contributed by atoms with van der Waals surface area (Å²) >= 11 is 0. The third kappa shape index (κ3) is 2.35. The first kappa shape index (κ1) is 12.2. The lowest BCUT2D eigenvalue weighted by Gasteiger charge is -2.23. The van der Waals surface area contributed by atoms with Gasteiger partial charge in [-0.25, -0.2) is 0 Å². The van der Waals surface area contributed by atoms with Crippen LogP contribution in [0.15, 0.2) is 18.2 Å². The van der Waals surface area contributed by atoms with E-state index in [2.05, 4.69) is 6.07 Å². The molecule has 2 rings (SSSR count). The molecule has 0 aliphatic heterocycles. The van der Waals surface area contributed by atoms with Crippen LogP contribution in [0, 0.1) is 21.4 Å². The lowest BCUT2D eigenvalue weighted by Crippen LogP contribution is -2.27. The number of nitrogens with two attached hydrogens (primary N) is 1. The average molecular weight is 246 g/mol. The van der Waals surface area contributed by atoms with Gasteiger partial charge in [0.15, 0.2) is 0 Å². The topological polar surface area (TPSA) is 96.2 Å². The van der Waals surface area contributed by atoms with Crippen LogP contribution < -0.4 is 10.6 Å². The smallest absolute Gasteiger partial charge is 0.315 e. The van der Waals surface area contributed by atoms with Gasteiger partial charge in [-0.15, -0.1) is 0 Å². The monoisotopic (exact) mass is 246 g/mol. The highest BCUT2D eigenvalue weighted by atomic mass is 16.6. The fourth-order valence-electron chi connectivity index (χ4n) is 2.04. The molecule has 0 amide bonds. The highest BCUT2D eigenvalue weighted by Crippen LogP contribution is 2.39. The Morgan fingerprint density at radius 2 is 2.28 bits per heavy atom. The van der Waals surface area contributed by atoms with Crippen molar-refractivity contribution in [2.75, 3.05) is 17.2 Å². The third-order valence-corrected chi connectivity index (χ3v) is 2.99. The summed E-state index contributed by atoms with van der Waals surface area (Å²) in [4.78, 5) is 12.6. The minimum absolute atomic E-state index is 0.0534. The molecule has 1 saturated carbocycles. The van der Waals surface area contributed by atoms with E-state index in [-0.39, 0.29) is 11.4 Å². The minimum Gasteiger partial charge on any atom is -0.393 e. The maximum Gasteiger partial charge on any atom is 0.315 e. The van der Waals surface area contributed by atoms with Crippen LogP contribution >= 0.6 is 0 Å². The molecule has 94 valence electrons. The molecule has 1 aromatic rings. The van der Waals surface area contributed by atoms with Gasteiger partial charge in [-0.2, -0.15) is 5.26 Å². The third-order valence-electron chi connectivity index (χ3n) is 2.99. The number of nitriles is 1. The first-order chi connectivity index (χ1) is 8.65. The number of rotatable bonds is 5. The fraction of sp³-hybridized carbons (Fsp3) is 0.417. The zero-order valence-electron chi connectivity index (χ0n) is 9.87. The second-order valence-electron chi connectivity index (χ2n) is 4.30. The van der Waals surface area contributed by atoms with E-state index in [9.17, 15) is 10.1 Å². The maximum absolute atomic E-state index is 11.1. The molecule has 0 aromatic heterocycles. The quantitative estimate of drug-likeness (QED) is 0.487. The predicted octanol–water partition coefficient (Wildman–Crippen LogP) is 2.06. The molecule has 1 aromatic carbocycles. The highest BCUT2D eigenvalue weighted by Gasteiger charge is 2.33. The number of nitro benzene ring substituents is 1. The van der Waals surface area contributed by atoms with Gasteiger partial charge in [0.1, 0.15) is 11.4 Å². The van der Waals surface area contributed by atoms with Crippen molar-refractivity contribution in [3.63, 3.8) is 0 Å².